The van der Waals surface area contributed by atoms with Crippen molar-refractivity contribution >= 4 is 18.6 Å². The first-order chi connectivity index (χ1) is 6.75. The normalized spacial score (nSPS) is 12.7. The van der Waals surface area contributed by atoms with E-state index in [4.69, 9.17) is 4.19 Å². The van der Waals surface area contributed by atoms with Gasteiger partial charge >= 0.3 is 88.2 Å². The second-order valence-electron chi connectivity index (χ2n) is 3.03. The second-order valence-corrected chi connectivity index (χ2v) is 5.00. The van der Waals surface area contributed by atoms with Gasteiger partial charge in [-0.15, -0.1) is 0 Å². The summed E-state index contributed by atoms with van der Waals surface area (Å²) in [6.45, 7) is 3.70. The molecule has 1 aromatic carbocycles. The molecule has 1 aromatic rings. The summed E-state index contributed by atoms with van der Waals surface area (Å²) >= 11 is -2.78. The van der Waals surface area contributed by atoms with Gasteiger partial charge in [0.15, 0.2) is 0 Å². The van der Waals surface area contributed by atoms with Crippen LogP contribution in [0.25, 0.3) is 0 Å². The van der Waals surface area contributed by atoms with E-state index in [1.807, 2.05) is 12.1 Å². The third-order valence-electron chi connectivity index (χ3n) is 1.90. The van der Waals surface area contributed by atoms with Crippen LogP contribution in [0.3, 0.4) is 0 Å². The number of benzene rings is 1. The molecule has 14 heavy (non-hydrogen) atoms. The van der Waals surface area contributed by atoms with E-state index in [-0.39, 0.29) is 0 Å². The van der Waals surface area contributed by atoms with E-state index in [1.165, 1.54) is 0 Å². The zero-order valence-corrected chi connectivity index (χ0v) is 9.91. The van der Waals surface area contributed by atoms with Crippen molar-refractivity contribution in [3.63, 3.8) is 0 Å². The minimum absolute atomic E-state index is 0.594. The van der Waals surface area contributed by atoms with Crippen molar-refractivity contribution in [2.45, 2.75) is 19.9 Å². The molecule has 0 saturated carbocycles. The molecular formula is C10H15NO2Se. The summed E-state index contributed by atoms with van der Waals surface area (Å²) in [4.78, 5) is 0. The predicted octanol–water partition coefficient (Wildman–Crippen LogP) is 0.304. The van der Waals surface area contributed by atoms with Crippen molar-refractivity contribution in [2.24, 2.45) is 0 Å². The first-order valence-corrected chi connectivity index (χ1v) is 6.97. The van der Waals surface area contributed by atoms with Crippen LogP contribution in [0.5, 0.6) is 0 Å². The van der Waals surface area contributed by atoms with Crippen molar-refractivity contribution < 1.29 is 8.02 Å². The zero-order valence-electron chi connectivity index (χ0n) is 8.19. The molecule has 2 N–H and O–H groups in total. The molecule has 0 aromatic heterocycles. The fraction of sp³-hybridized carbons (Fsp3) is 0.400. The SMILES string of the molecule is CCCNCc1ccccc1[Se](=O)O. The van der Waals surface area contributed by atoms with Gasteiger partial charge in [-0.25, -0.2) is 0 Å². The Bertz CT molecular complexity index is 315. The summed E-state index contributed by atoms with van der Waals surface area (Å²) in [6.07, 6.45) is 1.07. The summed E-state index contributed by atoms with van der Waals surface area (Å²) in [6, 6.07) is 7.30. The van der Waals surface area contributed by atoms with Crippen molar-refractivity contribution in [1.82, 2.24) is 5.32 Å². The van der Waals surface area contributed by atoms with Gasteiger partial charge in [-0.1, -0.05) is 0 Å². The monoisotopic (exact) mass is 261 g/mol. The maximum atomic E-state index is 11.0. The van der Waals surface area contributed by atoms with E-state index < -0.39 is 14.2 Å². The molecule has 1 atom stereocenters. The number of hydrogen-bond acceptors (Lipinski definition) is 2. The Morgan fingerprint density at radius 1 is 1.43 bits per heavy atom. The summed E-state index contributed by atoms with van der Waals surface area (Å²) in [5.41, 5.74) is 0.934. The van der Waals surface area contributed by atoms with Gasteiger partial charge in [-0.3, -0.25) is 0 Å². The molecule has 1 unspecified atom stereocenters. The molecule has 0 aliphatic rings. The van der Waals surface area contributed by atoms with Gasteiger partial charge in [0.05, 0.1) is 0 Å². The van der Waals surface area contributed by atoms with Crippen LogP contribution in [0.2, 0.25) is 0 Å². The van der Waals surface area contributed by atoms with E-state index in [9.17, 15) is 3.83 Å². The van der Waals surface area contributed by atoms with Crippen LogP contribution in [-0.4, -0.2) is 24.9 Å². The van der Waals surface area contributed by atoms with Gasteiger partial charge in [0.2, 0.25) is 0 Å². The van der Waals surface area contributed by atoms with Crippen LogP contribution in [0.4, 0.5) is 0 Å². The molecule has 0 radical (unpaired) electrons. The molecule has 0 aliphatic heterocycles. The number of nitrogens with one attached hydrogen (secondary N) is 1. The third-order valence-corrected chi connectivity index (χ3v) is 3.53. The third kappa shape index (κ3) is 3.31. The fourth-order valence-electron chi connectivity index (χ4n) is 1.22. The van der Waals surface area contributed by atoms with Gasteiger partial charge < -0.3 is 0 Å². The first kappa shape index (κ1) is 11.5. The van der Waals surface area contributed by atoms with E-state index in [0.717, 1.165) is 18.5 Å². The molecular weight excluding hydrogens is 245 g/mol. The van der Waals surface area contributed by atoms with E-state index in [0.29, 0.717) is 11.0 Å². The molecule has 0 saturated heterocycles. The Labute approximate surface area is 88.6 Å². The maximum absolute atomic E-state index is 11.0. The summed E-state index contributed by atoms with van der Waals surface area (Å²) in [5.74, 6) is 0. The van der Waals surface area contributed by atoms with Gasteiger partial charge in [-0.2, -0.15) is 0 Å². The fourth-order valence-corrected chi connectivity index (χ4v) is 2.39. The molecule has 0 fully saturated rings. The van der Waals surface area contributed by atoms with E-state index in [2.05, 4.69) is 12.2 Å². The molecule has 4 heteroatoms. The van der Waals surface area contributed by atoms with Crippen LogP contribution >= 0.6 is 0 Å². The van der Waals surface area contributed by atoms with Gasteiger partial charge in [0, 0.05) is 0 Å². The molecule has 0 amide bonds. The molecule has 0 bridgehead atoms. The first-order valence-electron chi connectivity index (χ1n) is 4.65. The van der Waals surface area contributed by atoms with Crippen molar-refractivity contribution in [3.05, 3.63) is 29.8 Å². The minimum atomic E-state index is -2.78. The van der Waals surface area contributed by atoms with Crippen LogP contribution in [0, 0.1) is 0 Å². The predicted molar refractivity (Wildman–Crippen MR) is 56.7 cm³/mol. The standard InChI is InChI=1S/C10H15NO2Se/c1-2-7-11-8-9-5-3-4-6-10(9)14(12)13/h3-6,11H,2,7-8H2,1H3,(H,12,13). The summed E-state index contributed by atoms with van der Waals surface area (Å²) < 4.78 is 20.7. The van der Waals surface area contributed by atoms with Crippen molar-refractivity contribution in [1.29, 1.82) is 0 Å². The average Bonchev–Trinajstić information content (AvgIpc) is 2.19. The Hall–Kier alpha value is -0.541. The quantitative estimate of drug-likeness (QED) is 0.591. The topological polar surface area (TPSA) is 49.3 Å². The van der Waals surface area contributed by atoms with Crippen LogP contribution in [0.15, 0.2) is 24.3 Å². The zero-order chi connectivity index (χ0) is 10.4. The van der Waals surface area contributed by atoms with Crippen LogP contribution < -0.4 is 9.78 Å². The van der Waals surface area contributed by atoms with Crippen molar-refractivity contribution in [2.75, 3.05) is 6.54 Å². The molecule has 0 aliphatic carbocycles. The second kappa shape index (κ2) is 6.04. The van der Waals surface area contributed by atoms with E-state index >= 15 is 0 Å². The Balaban J connectivity index is 2.69. The Morgan fingerprint density at radius 2 is 2.14 bits per heavy atom. The summed E-state index contributed by atoms with van der Waals surface area (Å²) in [5, 5.41) is 3.22. The molecule has 1 rings (SSSR count). The number of hydrogen-bond donors (Lipinski definition) is 2. The van der Waals surface area contributed by atoms with Gasteiger partial charge in [-0.05, 0) is 0 Å². The van der Waals surface area contributed by atoms with Crippen molar-refractivity contribution in [3.8, 4) is 0 Å². The molecule has 78 valence electrons. The number of rotatable bonds is 5. The Kier molecular flexibility index (Phi) is 4.98. The van der Waals surface area contributed by atoms with Gasteiger partial charge in [0.1, 0.15) is 0 Å². The Morgan fingerprint density at radius 3 is 2.79 bits per heavy atom. The average molecular weight is 260 g/mol. The van der Waals surface area contributed by atoms with Crippen LogP contribution in [0.1, 0.15) is 18.9 Å². The summed E-state index contributed by atoms with van der Waals surface area (Å²) in [7, 11) is 0. The van der Waals surface area contributed by atoms with E-state index in [1.54, 1.807) is 12.1 Å². The van der Waals surface area contributed by atoms with Crippen LogP contribution in [-0.2, 0) is 10.4 Å². The molecule has 0 spiro atoms. The van der Waals surface area contributed by atoms with Gasteiger partial charge in [0.25, 0.3) is 0 Å². The molecule has 3 nitrogen and oxygen atoms in total. The molecule has 0 heterocycles.